The summed E-state index contributed by atoms with van der Waals surface area (Å²) in [6, 6.07) is 7.43. The highest BCUT2D eigenvalue weighted by Gasteiger charge is 2.18. The minimum Gasteiger partial charge on any atom is -0.481 e. The van der Waals surface area contributed by atoms with Crippen molar-refractivity contribution >= 4 is 9.84 Å². The molecule has 1 aromatic carbocycles. The Bertz CT molecular complexity index is 666. The molecule has 0 aliphatic heterocycles. The number of hydrogen-bond donors (Lipinski definition) is 0. The van der Waals surface area contributed by atoms with Gasteiger partial charge in [0.1, 0.15) is 12.4 Å². The first-order valence-electron chi connectivity index (χ1n) is 8.57. The van der Waals surface area contributed by atoms with Crippen LogP contribution in [0.2, 0.25) is 0 Å². The molecular formula is C20H30O4S. The van der Waals surface area contributed by atoms with Crippen LogP contribution in [-0.2, 0) is 14.6 Å². The molecule has 0 heterocycles. The van der Waals surface area contributed by atoms with Crippen molar-refractivity contribution in [2.45, 2.75) is 40.0 Å². The molecule has 0 amide bonds. The molecule has 0 aliphatic rings. The van der Waals surface area contributed by atoms with Crippen LogP contribution in [0.15, 0.2) is 24.3 Å². The molecule has 1 aromatic rings. The van der Waals surface area contributed by atoms with Gasteiger partial charge >= 0.3 is 0 Å². The van der Waals surface area contributed by atoms with E-state index in [1.807, 2.05) is 31.2 Å². The Morgan fingerprint density at radius 1 is 1.28 bits per heavy atom. The predicted octanol–water partition coefficient (Wildman–Crippen LogP) is 3.67. The van der Waals surface area contributed by atoms with Crippen molar-refractivity contribution < 1.29 is 17.9 Å². The van der Waals surface area contributed by atoms with Crippen LogP contribution in [0.25, 0.3) is 0 Å². The van der Waals surface area contributed by atoms with Gasteiger partial charge in [-0.2, -0.15) is 0 Å². The molecule has 0 bridgehead atoms. The Kier molecular flexibility index (Phi) is 8.47. The quantitative estimate of drug-likeness (QED) is 0.468. The van der Waals surface area contributed by atoms with Gasteiger partial charge in [0.05, 0.1) is 18.1 Å². The van der Waals surface area contributed by atoms with E-state index in [9.17, 15) is 8.42 Å². The van der Waals surface area contributed by atoms with Gasteiger partial charge < -0.3 is 9.47 Å². The fourth-order valence-corrected chi connectivity index (χ4v) is 4.03. The number of rotatable bonds is 10. The zero-order valence-electron chi connectivity index (χ0n) is 15.7. The average molecular weight is 367 g/mol. The highest BCUT2D eigenvalue weighted by molar-refractivity contribution is 7.91. The summed E-state index contributed by atoms with van der Waals surface area (Å²) in [6.45, 7) is 9.49. The standard InChI is InChI=1S/C20H30O4S/c1-6-11-24-19-10-7-9-18(14-19)17(2)15-25(21,22)13-8-12-23-16-20(3,4)5/h1,7,9-10,14,17H,8,11-13,15-16H2,2-5H3/t17-/m0/s1. The van der Waals surface area contributed by atoms with Crippen molar-refractivity contribution in [1.29, 1.82) is 0 Å². The lowest BCUT2D eigenvalue weighted by molar-refractivity contribution is 0.0720. The first-order chi connectivity index (χ1) is 11.6. The fourth-order valence-electron chi connectivity index (χ4n) is 2.36. The number of hydrogen-bond acceptors (Lipinski definition) is 4. The number of sulfone groups is 1. The lowest BCUT2D eigenvalue weighted by atomic mass is 9.99. The van der Waals surface area contributed by atoms with Gasteiger partial charge in [-0.15, -0.1) is 6.42 Å². The normalized spacial score (nSPS) is 13.2. The molecule has 0 saturated heterocycles. The zero-order chi connectivity index (χ0) is 18.9. The highest BCUT2D eigenvalue weighted by Crippen LogP contribution is 2.22. The van der Waals surface area contributed by atoms with Crippen LogP contribution in [0.4, 0.5) is 0 Å². The topological polar surface area (TPSA) is 52.6 Å². The molecule has 1 rings (SSSR count). The van der Waals surface area contributed by atoms with E-state index in [1.165, 1.54) is 0 Å². The summed E-state index contributed by atoms with van der Waals surface area (Å²) in [4.78, 5) is 0. The summed E-state index contributed by atoms with van der Waals surface area (Å²) in [6.07, 6.45) is 5.71. The van der Waals surface area contributed by atoms with E-state index < -0.39 is 9.84 Å². The highest BCUT2D eigenvalue weighted by atomic mass is 32.2. The number of benzene rings is 1. The monoisotopic (exact) mass is 366 g/mol. The van der Waals surface area contributed by atoms with E-state index in [2.05, 4.69) is 26.7 Å². The molecule has 0 fully saturated rings. The van der Waals surface area contributed by atoms with Gasteiger partial charge in [0.2, 0.25) is 0 Å². The smallest absolute Gasteiger partial charge is 0.150 e. The molecule has 1 atom stereocenters. The van der Waals surface area contributed by atoms with Crippen LogP contribution >= 0.6 is 0 Å². The summed E-state index contributed by atoms with van der Waals surface area (Å²) in [5, 5.41) is 0. The van der Waals surface area contributed by atoms with Gasteiger partial charge in [-0.3, -0.25) is 0 Å². The third-order valence-corrected chi connectivity index (χ3v) is 5.45. The van der Waals surface area contributed by atoms with Gasteiger partial charge in [-0.25, -0.2) is 8.42 Å². The van der Waals surface area contributed by atoms with E-state index in [-0.39, 0.29) is 29.4 Å². The third kappa shape index (κ3) is 9.52. The van der Waals surface area contributed by atoms with Crippen LogP contribution in [-0.4, -0.2) is 39.7 Å². The van der Waals surface area contributed by atoms with Gasteiger partial charge in [-0.05, 0) is 35.4 Å². The Morgan fingerprint density at radius 2 is 2.00 bits per heavy atom. The second kappa shape index (κ2) is 9.84. The Hall–Kier alpha value is -1.51. The maximum Gasteiger partial charge on any atom is 0.150 e. The minimum absolute atomic E-state index is 0.0971. The van der Waals surface area contributed by atoms with Crippen molar-refractivity contribution in [3.63, 3.8) is 0 Å². The lowest BCUT2D eigenvalue weighted by Crippen LogP contribution is -2.19. The molecule has 0 aliphatic carbocycles. The van der Waals surface area contributed by atoms with E-state index >= 15 is 0 Å². The molecule has 0 aromatic heterocycles. The summed E-state index contributed by atoms with van der Waals surface area (Å²) >= 11 is 0. The van der Waals surface area contributed by atoms with Gasteiger partial charge in [0, 0.05) is 6.61 Å². The maximum absolute atomic E-state index is 12.3. The zero-order valence-corrected chi connectivity index (χ0v) is 16.6. The Balaban J connectivity index is 2.49. The van der Waals surface area contributed by atoms with Crippen LogP contribution in [0.1, 0.15) is 45.6 Å². The van der Waals surface area contributed by atoms with Gasteiger partial charge in [-0.1, -0.05) is 45.7 Å². The maximum atomic E-state index is 12.3. The van der Waals surface area contributed by atoms with E-state index in [0.29, 0.717) is 25.4 Å². The van der Waals surface area contributed by atoms with Crippen molar-refractivity contribution in [2.24, 2.45) is 5.41 Å². The van der Waals surface area contributed by atoms with Crippen molar-refractivity contribution in [3.05, 3.63) is 29.8 Å². The molecule has 0 spiro atoms. The molecule has 5 heteroatoms. The second-order valence-electron chi connectivity index (χ2n) is 7.55. The third-order valence-electron chi connectivity index (χ3n) is 3.53. The summed E-state index contributed by atoms with van der Waals surface area (Å²) in [5.74, 6) is 3.24. The summed E-state index contributed by atoms with van der Waals surface area (Å²) in [5.41, 5.74) is 1.03. The first kappa shape index (κ1) is 21.5. The molecule has 0 saturated carbocycles. The molecule has 0 N–H and O–H groups in total. The molecule has 0 unspecified atom stereocenters. The minimum atomic E-state index is -3.13. The molecule has 140 valence electrons. The fraction of sp³-hybridized carbons (Fsp3) is 0.600. The van der Waals surface area contributed by atoms with Crippen molar-refractivity contribution in [3.8, 4) is 18.1 Å². The van der Waals surface area contributed by atoms with E-state index in [1.54, 1.807) is 0 Å². The second-order valence-corrected chi connectivity index (χ2v) is 9.78. The SMILES string of the molecule is C#CCOc1cccc([C@@H](C)CS(=O)(=O)CCCOCC(C)(C)C)c1. The molecule has 4 nitrogen and oxygen atoms in total. The van der Waals surface area contributed by atoms with Crippen molar-refractivity contribution in [1.82, 2.24) is 0 Å². The van der Waals surface area contributed by atoms with Crippen molar-refractivity contribution in [2.75, 3.05) is 31.3 Å². The van der Waals surface area contributed by atoms with Crippen LogP contribution in [0.3, 0.4) is 0 Å². The van der Waals surface area contributed by atoms with Crippen LogP contribution in [0.5, 0.6) is 5.75 Å². The predicted molar refractivity (Wildman–Crippen MR) is 103 cm³/mol. The lowest BCUT2D eigenvalue weighted by Gasteiger charge is -2.18. The average Bonchev–Trinajstić information content (AvgIpc) is 2.51. The van der Waals surface area contributed by atoms with Gasteiger partial charge in [0.15, 0.2) is 9.84 Å². The number of ether oxygens (including phenoxy) is 2. The van der Waals surface area contributed by atoms with Gasteiger partial charge in [0.25, 0.3) is 0 Å². The largest absolute Gasteiger partial charge is 0.481 e. The van der Waals surface area contributed by atoms with Crippen LogP contribution in [0, 0.1) is 17.8 Å². The van der Waals surface area contributed by atoms with E-state index in [4.69, 9.17) is 15.9 Å². The molecule has 25 heavy (non-hydrogen) atoms. The first-order valence-corrected chi connectivity index (χ1v) is 10.4. The van der Waals surface area contributed by atoms with E-state index in [0.717, 1.165) is 5.56 Å². The van der Waals surface area contributed by atoms with Crippen LogP contribution < -0.4 is 4.74 Å². The Labute approximate surface area is 152 Å². The Morgan fingerprint density at radius 3 is 2.64 bits per heavy atom. The number of terminal acetylenes is 1. The molecular weight excluding hydrogens is 336 g/mol. The molecule has 0 radical (unpaired) electrons. The summed E-state index contributed by atoms with van der Waals surface area (Å²) < 4.78 is 35.6. The summed E-state index contributed by atoms with van der Waals surface area (Å²) in [7, 11) is -3.13.